The van der Waals surface area contributed by atoms with Crippen LogP contribution in [0.5, 0.6) is 0 Å². The highest BCUT2D eigenvalue weighted by Gasteiger charge is 2.34. The molecule has 1 rings (SSSR count). The van der Waals surface area contributed by atoms with Crippen LogP contribution < -0.4 is 0 Å². The zero-order valence-corrected chi connectivity index (χ0v) is 7.08. The zero-order chi connectivity index (χ0) is 10.6. The predicted molar refractivity (Wildman–Crippen MR) is 46.5 cm³/mol. The first kappa shape index (κ1) is 10.5. The molecule has 0 fully saturated rings. The molecule has 0 bridgehead atoms. The highest BCUT2D eigenvalue weighted by molar-refractivity contribution is 5.83. The average molecular weight is 200 g/mol. The van der Waals surface area contributed by atoms with Gasteiger partial charge in [-0.15, -0.1) is 0 Å². The molecule has 0 radical (unpaired) electrons. The number of benzene rings is 1. The van der Waals surface area contributed by atoms with Crippen molar-refractivity contribution in [3.63, 3.8) is 0 Å². The number of rotatable bonds is 2. The normalized spacial score (nSPS) is 12.6. The van der Waals surface area contributed by atoms with Crippen molar-refractivity contribution in [2.75, 3.05) is 0 Å². The van der Waals surface area contributed by atoms with Crippen molar-refractivity contribution in [3.8, 4) is 0 Å². The number of allylic oxidation sites excluding steroid dienone is 2. The summed E-state index contributed by atoms with van der Waals surface area (Å²) in [6.07, 6.45) is -3.84. The maximum atomic E-state index is 12.4. The number of hydrogen-bond acceptors (Lipinski definition) is 1. The highest BCUT2D eigenvalue weighted by Crippen LogP contribution is 2.32. The van der Waals surface area contributed by atoms with Gasteiger partial charge in [0.15, 0.2) is 0 Å². The first-order valence-electron chi connectivity index (χ1n) is 3.84. The predicted octanol–water partition coefficient (Wildman–Crippen LogP) is 2.83. The standard InChI is InChI=1S/C10H7F3O/c11-10(12,13)9(6-7-14)8-4-2-1-3-5-8/h1-7H/b9-6+. The molecule has 1 aromatic carbocycles. The minimum Gasteiger partial charge on any atom is -0.299 e. The number of alkyl halides is 3. The third-order valence-corrected chi connectivity index (χ3v) is 1.62. The average Bonchev–Trinajstić information content (AvgIpc) is 2.14. The van der Waals surface area contributed by atoms with Crippen LogP contribution in [0.1, 0.15) is 5.56 Å². The van der Waals surface area contributed by atoms with Gasteiger partial charge < -0.3 is 0 Å². The maximum absolute atomic E-state index is 12.4. The molecule has 0 aliphatic rings. The van der Waals surface area contributed by atoms with Crippen LogP contribution in [-0.2, 0) is 4.79 Å². The van der Waals surface area contributed by atoms with E-state index in [-0.39, 0.29) is 11.8 Å². The summed E-state index contributed by atoms with van der Waals surface area (Å²) in [5, 5.41) is 0. The Bertz CT molecular complexity index is 338. The molecule has 14 heavy (non-hydrogen) atoms. The molecule has 0 heterocycles. The van der Waals surface area contributed by atoms with Crippen LogP contribution in [0, 0.1) is 0 Å². The van der Waals surface area contributed by atoms with Crippen molar-refractivity contribution in [3.05, 3.63) is 42.0 Å². The molecule has 0 saturated heterocycles. The van der Waals surface area contributed by atoms with Crippen molar-refractivity contribution >= 4 is 11.9 Å². The third-order valence-electron chi connectivity index (χ3n) is 1.62. The Morgan fingerprint density at radius 2 is 1.71 bits per heavy atom. The molecule has 0 unspecified atom stereocenters. The second-order valence-electron chi connectivity index (χ2n) is 2.58. The second-order valence-corrected chi connectivity index (χ2v) is 2.58. The van der Waals surface area contributed by atoms with Crippen molar-refractivity contribution in [1.29, 1.82) is 0 Å². The topological polar surface area (TPSA) is 17.1 Å². The van der Waals surface area contributed by atoms with E-state index in [1.54, 1.807) is 6.07 Å². The minimum absolute atomic E-state index is 0.00731. The van der Waals surface area contributed by atoms with Crippen LogP contribution in [0.2, 0.25) is 0 Å². The summed E-state index contributed by atoms with van der Waals surface area (Å²) in [6, 6.07) is 7.20. The molecular weight excluding hydrogens is 193 g/mol. The van der Waals surface area contributed by atoms with Crippen molar-refractivity contribution in [2.45, 2.75) is 6.18 Å². The highest BCUT2D eigenvalue weighted by atomic mass is 19.4. The lowest BCUT2D eigenvalue weighted by molar-refractivity contribution is -0.104. The Morgan fingerprint density at radius 3 is 2.14 bits per heavy atom. The number of carbonyl (C=O) groups is 1. The summed E-state index contributed by atoms with van der Waals surface area (Å²) < 4.78 is 37.1. The molecule has 0 amide bonds. The molecule has 1 nitrogen and oxygen atoms in total. The van der Waals surface area contributed by atoms with Gasteiger partial charge >= 0.3 is 6.18 Å². The summed E-state index contributed by atoms with van der Waals surface area (Å²) in [5.41, 5.74) is -0.930. The first-order chi connectivity index (χ1) is 6.55. The SMILES string of the molecule is O=C/C=C(\c1ccccc1)C(F)(F)F. The lowest BCUT2D eigenvalue weighted by atomic mass is 10.1. The van der Waals surface area contributed by atoms with E-state index < -0.39 is 11.7 Å². The van der Waals surface area contributed by atoms with Crippen molar-refractivity contribution in [1.82, 2.24) is 0 Å². The van der Waals surface area contributed by atoms with Gasteiger partial charge in [-0.2, -0.15) is 13.2 Å². The van der Waals surface area contributed by atoms with E-state index in [9.17, 15) is 18.0 Å². The van der Waals surface area contributed by atoms with Gasteiger partial charge in [0, 0.05) is 0 Å². The lowest BCUT2D eigenvalue weighted by Gasteiger charge is -2.10. The van der Waals surface area contributed by atoms with E-state index in [1.165, 1.54) is 24.3 Å². The molecule has 74 valence electrons. The van der Waals surface area contributed by atoms with Crippen molar-refractivity contribution < 1.29 is 18.0 Å². The lowest BCUT2D eigenvalue weighted by Crippen LogP contribution is -2.10. The van der Waals surface area contributed by atoms with Gasteiger partial charge in [-0.3, -0.25) is 4.79 Å². The third kappa shape index (κ3) is 2.45. The van der Waals surface area contributed by atoms with Crippen LogP contribution in [0.4, 0.5) is 13.2 Å². The largest absolute Gasteiger partial charge is 0.417 e. The summed E-state index contributed by atoms with van der Waals surface area (Å²) in [5.74, 6) is 0. The van der Waals surface area contributed by atoms with Gasteiger partial charge in [0.1, 0.15) is 6.29 Å². The number of halogens is 3. The zero-order valence-electron chi connectivity index (χ0n) is 7.08. The number of aldehydes is 1. The molecule has 0 aliphatic carbocycles. The van der Waals surface area contributed by atoms with Crippen LogP contribution in [0.25, 0.3) is 5.57 Å². The molecule has 0 aliphatic heterocycles. The van der Waals surface area contributed by atoms with Gasteiger partial charge in [-0.25, -0.2) is 0 Å². The number of carbonyl (C=O) groups excluding carboxylic acids is 1. The Morgan fingerprint density at radius 1 is 1.14 bits per heavy atom. The summed E-state index contributed by atoms with van der Waals surface area (Å²) in [4.78, 5) is 10.1. The monoisotopic (exact) mass is 200 g/mol. The van der Waals surface area contributed by atoms with E-state index in [0.717, 1.165) is 0 Å². The fourth-order valence-electron chi connectivity index (χ4n) is 1.04. The summed E-state index contributed by atoms with van der Waals surface area (Å²) >= 11 is 0. The Kier molecular flexibility index (Phi) is 3.06. The van der Waals surface area contributed by atoms with Crippen LogP contribution in [0.3, 0.4) is 0 Å². The number of hydrogen-bond donors (Lipinski definition) is 0. The van der Waals surface area contributed by atoms with Crippen LogP contribution in [0.15, 0.2) is 36.4 Å². The summed E-state index contributed by atoms with van der Waals surface area (Å²) in [6.45, 7) is 0. The molecule has 1 aromatic rings. The second kappa shape index (κ2) is 4.09. The summed E-state index contributed by atoms with van der Waals surface area (Å²) in [7, 11) is 0. The fraction of sp³-hybridized carbons (Fsp3) is 0.100. The quantitative estimate of drug-likeness (QED) is 0.530. The first-order valence-corrected chi connectivity index (χ1v) is 3.84. The fourth-order valence-corrected chi connectivity index (χ4v) is 1.04. The van der Waals surface area contributed by atoms with E-state index >= 15 is 0 Å². The van der Waals surface area contributed by atoms with Gasteiger partial charge in [0.05, 0.1) is 5.57 Å². The van der Waals surface area contributed by atoms with Crippen LogP contribution in [-0.4, -0.2) is 12.5 Å². The minimum atomic E-state index is -4.50. The maximum Gasteiger partial charge on any atom is 0.417 e. The van der Waals surface area contributed by atoms with Crippen molar-refractivity contribution in [2.24, 2.45) is 0 Å². The van der Waals surface area contributed by atoms with Gasteiger partial charge in [0.25, 0.3) is 0 Å². The van der Waals surface area contributed by atoms with E-state index in [4.69, 9.17) is 0 Å². The molecule has 4 heteroatoms. The van der Waals surface area contributed by atoms with E-state index in [2.05, 4.69) is 0 Å². The molecule has 0 aromatic heterocycles. The Labute approximate surface area is 78.9 Å². The molecule has 0 spiro atoms. The van der Waals surface area contributed by atoms with Gasteiger partial charge in [0.2, 0.25) is 0 Å². The van der Waals surface area contributed by atoms with Gasteiger partial charge in [-0.1, -0.05) is 30.3 Å². The smallest absolute Gasteiger partial charge is 0.299 e. The molecule has 0 N–H and O–H groups in total. The molecule has 0 saturated carbocycles. The Hall–Kier alpha value is -1.58. The van der Waals surface area contributed by atoms with E-state index in [1.807, 2.05) is 0 Å². The Balaban J connectivity index is 3.15. The molecule has 0 atom stereocenters. The van der Waals surface area contributed by atoms with E-state index in [0.29, 0.717) is 6.08 Å². The molecular formula is C10H7F3O. The van der Waals surface area contributed by atoms with Crippen LogP contribution >= 0.6 is 0 Å². The van der Waals surface area contributed by atoms with Gasteiger partial charge in [-0.05, 0) is 11.6 Å².